The first kappa shape index (κ1) is 20.9. The fraction of sp³-hybridized carbons (Fsp3) is 0.316. The number of hydrogen-bond donors (Lipinski definition) is 2. The maximum atomic E-state index is 13.0. The molecule has 8 heteroatoms. The Kier molecular flexibility index (Phi) is 6.92. The van der Waals surface area contributed by atoms with Crippen LogP contribution in [0.25, 0.3) is 0 Å². The summed E-state index contributed by atoms with van der Waals surface area (Å²) in [4.78, 5) is 12.4. The summed E-state index contributed by atoms with van der Waals surface area (Å²) in [6.07, 6.45) is 0.966. The van der Waals surface area contributed by atoms with Gasteiger partial charge in [0.05, 0.1) is 25.4 Å². The van der Waals surface area contributed by atoms with Crippen LogP contribution in [-0.2, 0) is 14.8 Å². The largest absolute Gasteiger partial charge is 0.497 e. The highest BCUT2D eigenvalue weighted by Gasteiger charge is 2.21. The first-order valence-electron chi connectivity index (χ1n) is 8.34. The first-order valence-corrected chi connectivity index (χ1v) is 10.2. The molecule has 146 valence electrons. The van der Waals surface area contributed by atoms with Crippen LogP contribution in [0.5, 0.6) is 5.75 Å². The van der Waals surface area contributed by atoms with Crippen LogP contribution in [0.15, 0.2) is 48.5 Å². The molecule has 0 unspecified atom stereocenters. The number of hydrogen-bond acceptors (Lipinski definition) is 4. The lowest BCUT2D eigenvalue weighted by atomic mass is 10.0. The zero-order chi connectivity index (χ0) is 20.0. The number of nitrogens with one attached hydrogen (secondary N) is 2. The smallest absolute Gasteiger partial charge is 0.222 e. The standard InChI is InChI=1S/C19H23FN2O4S/c1-13(14-4-8-16(20)9-5-14)21-19(23)12-18(22-27(3,24)25)15-6-10-17(26-2)11-7-15/h4-11,13,18,22H,12H2,1-3H3,(H,21,23)/t13-,18+/m0/s1. The number of methoxy groups -OCH3 is 1. The van der Waals surface area contributed by atoms with Crippen molar-refractivity contribution in [2.75, 3.05) is 13.4 Å². The van der Waals surface area contributed by atoms with E-state index in [-0.39, 0.29) is 24.2 Å². The van der Waals surface area contributed by atoms with Gasteiger partial charge in [-0.1, -0.05) is 24.3 Å². The van der Waals surface area contributed by atoms with Gasteiger partial charge in [0.25, 0.3) is 0 Å². The van der Waals surface area contributed by atoms with E-state index in [2.05, 4.69) is 10.0 Å². The highest BCUT2D eigenvalue weighted by Crippen LogP contribution is 2.22. The summed E-state index contributed by atoms with van der Waals surface area (Å²) in [5.41, 5.74) is 1.40. The van der Waals surface area contributed by atoms with Gasteiger partial charge in [-0.3, -0.25) is 4.79 Å². The van der Waals surface area contributed by atoms with Crippen molar-refractivity contribution in [2.45, 2.75) is 25.4 Å². The second kappa shape index (κ2) is 8.96. The number of benzene rings is 2. The van der Waals surface area contributed by atoms with E-state index in [0.29, 0.717) is 11.3 Å². The first-order chi connectivity index (χ1) is 12.7. The number of rotatable bonds is 8. The van der Waals surface area contributed by atoms with Crippen LogP contribution in [0.2, 0.25) is 0 Å². The van der Waals surface area contributed by atoms with Crippen molar-refractivity contribution in [2.24, 2.45) is 0 Å². The zero-order valence-electron chi connectivity index (χ0n) is 15.4. The summed E-state index contributed by atoms with van der Waals surface area (Å²) in [6.45, 7) is 1.78. The number of carbonyl (C=O) groups excluding carboxylic acids is 1. The monoisotopic (exact) mass is 394 g/mol. The highest BCUT2D eigenvalue weighted by molar-refractivity contribution is 7.88. The Morgan fingerprint density at radius 2 is 1.63 bits per heavy atom. The van der Waals surface area contributed by atoms with Gasteiger partial charge in [0.1, 0.15) is 11.6 Å². The molecule has 27 heavy (non-hydrogen) atoms. The molecule has 0 aliphatic rings. The van der Waals surface area contributed by atoms with E-state index in [1.165, 1.54) is 19.2 Å². The van der Waals surface area contributed by atoms with Crippen molar-refractivity contribution >= 4 is 15.9 Å². The Labute approximate surface area is 158 Å². The lowest BCUT2D eigenvalue weighted by Crippen LogP contribution is -2.34. The van der Waals surface area contributed by atoms with Crippen molar-refractivity contribution in [1.29, 1.82) is 0 Å². The van der Waals surface area contributed by atoms with Crippen molar-refractivity contribution in [3.63, 3.8) is 0 Å². The van der Waals surface area contributed by atoms with Gasteiger partial charge in [-0.05, 0) is 42.3 Å². The molecule has 2 rings (SSSR count). The third kappa shape index (κ3) is 6.65. The van der Waals surface area contributed by atoms with Crippen molar-refractivity contribution < 1.29 is 22.3 Å². The van der Waals surface area contributed by atoms with E-state index >= 15 is 0 Å². The zero-order valence-corrected chi connectivity index (χ0v) is 16.2. The minimum absolute atomic E-state index is 0.0784. The summed E-state index contributed by atoms with van der Waals surface area (Å²) in [5, 5.41) is 2.80. The van der Waals surface area contributed by atoms with Gasteiger partial charge in [0.15, 0.2) is 0 Å². The minimum atomic E-state index is -3.52. The summed E-state index contributed by atoms with van der Waals surface area (Å²) in [5.74, 6) is -0.0516. The second-order valence-electron chi connectivity index (χ2n) is 6.26. The molecule has 0 aromatic heterocycles. The van der Waals surface area contributed by atoms with Gasteiger partial charge in [-0.15, -0.1) is 0 Å². The van der Waals surface area contributed by atoms with Gasteiger partial charge in [-0.2, -0.15) is 0 Å². The van der Waals surface area contributed by atoms with Crippen LogP contribution < -0.4 is 14.8 Å². The molecule has 0 heterocycles. The third-order valence-electron chi connectivity index (χ3n) is 4.01. The predicted molar refractivity (Wildman–Crippen MR) is 101 cm³/mol. The summed E-state index contributed by atoms with van der Waals surface area (Å²) >= 11 is 0. The fourth-order valence-corrected chi connectivity index (χ4v) is 3.38. The number of carbonyl (C=O) groups is 1. The van der Waals surface area contributed by atoms with Crippen LogP contribution in [-0.4, -0.2) is 27.7 Å². The Balaban J connectivity index is 2.11. The third-order valence-corrected chi connectivity index (χ3v) is 4.72. The molecule has 2 atom stereocenters. The van der Waals surface area contributed by atoms with Crippen molar-refractivity contribution in [1.82, 2.24) is 10.0 Å². The van der Waals surface area contributed by atoms with Gasteiger partial charge >= 0.3 is 0 Å². The van der Waals surface area contributed by atoms with Crippen LogP contribution in [0.3, 0.4) is 0 Å². The lowest BCUT2D eigenvalue weighted by molar-refractivity contribution is -0.122. The van der Waals surface area contributed by atoms with Gasteiger partial charge in [0.2, 0.25) is 15.9 Å². The van der Waals surface area contributed by atoms with Crippen molar-refractivity contribution in [3.05, 3.63) is 65.5 Å². The topological polar surface area (TPSA) is 84.5 Å². The van der Waals surface area contributed by atoms with Crippen LogP contribution >= 0.6 is 0 Å². The maximum Gasteiger partial charge on any atom is 0.222 e. The summed E-state index contributed by atoms with van der Waals surface area (Å²) in [6, 6.07) is 11.6. The SMILES string of the molecule is COc1ccc([C@@H](CC(=O)N[C@@H](C)c2ccc(F)cc2)NS(C)(=O)=O)cc1. The van der Waals surface area contributed by atoms with E-state index in [0.717, 1.165) is 11.8 Å². The highest BCUT2D eigenvalue weighted by atomic mass is 32.2. The number of amides is 1. The normalized spacial score (nSPS) is 13.6. The van der Waals surface area contributed by atoms with Crippen LogP contribution in [0, 0.1) is 5.82 Å². The van der Waals surface area contributed by atoms with E-state index in [4.69, 9.17) is 4.74 Å². The van der Waals surface area contributed by atoms with E-state index in [1.54, 1.807) is 43.3 Å². The van der Waals surface area contributed by atoms with Gasteiger partial charge in [0, 0.05) is 6.42 Å². The average molecular weight is 394 g/mol. The molecule has 0 radical (unpaired) electrons. The molecule has 0 aliphatic carbocycles. The van der Waals surface area contributed by atoms with Crippen molar-refractivity contribution in [3.8, 4) is 5.75 Å². The van der Waals surface area contributed by atoms with Gasteiger partial charge in [-0.25, -0.2) is 17.5 Å². The quantitative estimate of drug-likeness (QED) is 0.721. The summed E-state index contributed by atoms with van der Waals surface area (Å²) < 4.78 is 44.0. The minimum Gasteiger partial charge on any atom is -0.497 e. The van der Waals surface area contributed by atoms with E-state index in [9.17, 15) is 17.6 Å². The molecule has 0 saturated carbocycles. The van der Waals surface area contributed by atoms with Gasteiger partial charge < -0.3 is 10.1 Å². The Morgan fingerprint density at radius 3 is 2.15 bits per heavy atom. The molecule has 0 aliphatic heterocycles. The molecule has 1 amide bonds. The van der Waals surface area contributed by atoms with Crippen LogP contribution in [0.4, 0.5) is 4.39 Å². The number of halogens is 1. The van der Waals surface area contributed by atoms with Crippen LogP contribution in [0.1, 0.15) is 36.6 Å². The predicted octanol–water partition coefficient (Wildman–Crippen LogP) is 2.69. The molecular formula is C19H23FN2O4S. The molecule has 2 aromatic rings. The molecule has 0 fully saturated rings. The maximum absolute atomic E-state index is 13.0. The molecule has 2 N–H and O–H groups in total. The molecule has 2 aromatic carbocycles. The Hall–Kier alpha value is -2.45. The molecular weight excluding hydrogens is 371 g/mol. The number of sulfonamides is 1. The average Bonchev–Trinajstić information content (AvgIpc) is 2.60. The molecule has 0 saturated heterocycles. The lowest BCUT2D eigenvalue weighted by Gasteiger charge is -2.20. The Bertz CT molecular complexity index is 868. The fourth-order valence-electron chi connectivity index (χ4n) is 2.64. The Morgan fingerprint density at radius 1 is 1.07 bits per heavy atom. The second-order valence-corrected chi connectivity index (χ2v) is 8.04. The molecule has 0 spiro atoms. The van der Waals surface area contributed by atoms with E-state index < -0.39 is 16.1 Å². The number of ether oxygens (including phenoxy) is 1. The summed E-state index contributed by atoms with van der Waals surface area (Å²) in [7, 11) is -1.99. The molecule has 0 bridgehead atoms. The van der Waals surface area contributed by atoms with E-state index in [1.807, 2.05) is 0 Å². The molecule has 6 nitrogen and oxygen atoms in total.